The average molecular weight is 959 g/mol. The Hall–Kier alpha value is -0.990. The van der Waals surface area contributed by atoms with Crippen molar-refractivity contribution in [1.29, 1.82) is 0 Å². The van der Waals surface area contributed by atoms with E-state index in [1.54, 1.807) is 0 Å². The third-order valence-corrected chi connectivity index (χ3v) is 14.1. The maximum absolute atomic E-state index is 12.8. The van der Waals surface area contributed by atoms with Gasteiger partial charge in [0.05, 0.1) is 27.7 Å². The molecule has 66 heavy (non-hydrogen) atoms. The number of unbranched alkanes of at least 4 members (excludes halogenated alkanes) is 40. The molecule has 394 valence electrons. The normalized spacial score (nSPS) is 13.2. The number of phosphoric ester groups is 1. The molecule has 9 nitrogen and oxygen atoms in total. The van der Waals surface area contributed by atoms with Crippen LogP contribution in [0.15, 0.2) is 0 Å². The highest BCUT2D eigenvalue weighted by Crippen LogP contribution is 2.43. The van der Waals surface area contributed by atoms with E-state index in [1.165, 1.54) is 231 Å². The van der Waals surface area contributed by atoms with Crippen molar-refractivity contribution < 1.29 is 42.1 Å². The molecule has 1 N–H and O–H groups in total. The number of quaternary nitrogens is 1. The smallest absolute Gasteiger partial charge is 0.462 e. The molecular weight excluding hydrogens is 846 g/mol. The van der Waals surface area contributed by atoms with E-state index in [0.717, 1.165) is 38.5 Å². The van der Waals surface area contributed by atoms with Gasteiger partial charge in [-0.25, -0.2) is 4.57 Å². The van der Waals surface area contributed by atoms with Crippen LogP contribution in [0.2, 0.25) is 0 Å². The predicted molar refractivity (Wildman–Crippen MR) is 280 cm³/mol. The molecule has 0 aromatic carbocycles. The van der Waals surface area contributed by atoms with E-state index in [4.69, 9.17) is 18.5 Å². The zero-order chi connectivity index (χ0) is 48.5. The minimum Gasteiger partial charge on any atom is -0.462 e. The lowest BCUT2D eigenvalue weighted by molar-refractivity contribution is -0.870. The largest absolute Gasteiger partial charge is 0.472 e. The highest BCUT2D eigenvalue weighted by atomic mass is 31.2. The van der Waals surface area contributed by atoms with Gasteiger partial charge in [0, 0.05) is 12.8 Å². The molecule has 0 aromatic rings. The van der Waals surface area contributed by atoms with Gasteiger partial charge in [0.1, 0.15) is 19.8 Å². The molecule has 0 aliphatic carbocycles. The topological polar surface area (TPSA) is 108 Å². The molecule has 0 amide bonds. The van der Waals surface area contributed by atoms with E-state index < -0.39 is 26.5 Å². The summed E-state index contributed by atoms with van der Waals surface area (Å²) in [5, 5.41) is 0. The van der Waals surface area contributed by atoms with E-state index >= 15 is 0 Å². The Morgan fingerprint density at radius 2 is 0.682 bits per heavy atom. The summed E-state index contributed by atoms with van der Waals surface area (Å²) in [6.45, 7) is 4.51. The number of phosphoric acid groups is 1. The molecule has 0 aromatic heterocycles. The van der Waals surface area contributed by atoms with E-state index in [2.05, 4.69) is 13.8 Å². The monoisotopic (exact) mass is 959 g/mol. The SMILES string of the molecule is CCCCCCCCCCCCCCCCCCCCCCCCC(=O)OC(COC(=O)CCCCCCCCCCCCCCCCCCCCCC)COP(=O)(O)OCC[N+](C)(C)C. The van der Waals surface area contributed by atoms with Crippen LogP contribution in [-0.4, -0.2) is 74.9 Å². The van der Waals surface area contributed by atoms with E-state index in [1.807, 2.05) is 21.1 Å². The summed E-state index contributed by atoms with van der Waals surface area (Å²) in [5.41, 5.74) is 0. The lowest BCUT2D eigenvalue weighted by Crippen LogP contribution is -2.37. The lowest BCUT2D eigenvalue weighted by Gasteiger charge is -2.24. The van der Waals surface area contributed by atoms with Crippen molar-refractivity contribution in [2.45, 2.75) is 302 Å². The number of nitrogens with zero attached hydrogens (tertiary/aromatic N) is 1. The first-order valence-electron chi connectivity index (χ1n) is 28.8. The average Bonchev–Trinajstić information content (AvgIpc) is 3.27. The van der Waals surface area contributed by atoms with E-state index in [-0.39, 0.29) is 25.6 Å². The molecule has 0 saturated carbocycles. The summed E-state index contributed by atoms with van der Waals surface area (Å²) in [7, 11) is 1.50. The Bertz CT molecular complexity index is 1080. The van der Waals surface area contributed by atoms with Crippen molar-refractivity contribution in [2.24, 2.45) is 0 Å². The van der Waals surface area contributed by atoms with Gasteiger partial charge < -0.3 is 18.9 Å². The maximum Gasteiger partial charge on any atom is 0.472 e. The summed E-state index contributed by atoms with van der Waals surface area (Å²) in [6, 6.07) is 0. The highest BCUT2D eigenvalue weighted by molar-refractivity contribution is 7.47. The second kappa shape index (κ2) is 49.0. The van der Waals surface area contributed by atoms with Gasteiger partial charge in [-0.15, -0.1) is 0 Å². The first-order chi connectivity index (χ1) is 32.0. The number of carbonyl (C=O) groups is 2. The van der Waals surface area contributed by atoms with Gasteiger partial charge in [-0.1, -0.05) is 271 Å². The standard InChI is InChI=1S/C56H112NO8P/c1-6-8-10-12-14-16-18-20-22-24-26-28-29-31-33-35-37-39-41-43-45-47-49-56(59)65-54(53-64-66(60,61)63-51-50-57(3,4)5)52-62-55(58)48-46-44-42-40-38-36-34-32-30-27-25-23-21-19-17-15-13-11-9-7-2/h54H,6-53H2,1-5H3/p+1. The van der Waals surface area contributed by atoms with Crippen LogP contribution in [0, 0.1) is 0 Å². The summed E-state index contributed by atoms with van der Waals surface area (Å²) in [4.78, 5) is 35.7. The van der Waals surface area contributed by atoms with Gasteiger partial charge >= 0.3 is 19.8 Å². The van der Waals surface area contributed by atoms with Gasteiger partial charge in [-0.05, 0) is 12.8 Å². The Morgan fingerprint density at radius 3 is 0.970 bits per heavy atom. The Labute approximate surface area is 410 Å². The second-order valence-corrected chi connectivity index (χ2v) is 22.5. The number of hydrogen-bond acceptors (Lipinski definition) is 7. The molecule has 2 atom stereocenters. The molecule has 0 aliphatic heterocycles. The zero-order valence-corrected chi connectivity index (χ0v) is 45.6. The summed E-state index contributed by atoms with van der Waals surface area (Å²) in [5.74, 6) is -0.773. The lowest BCUT2D eigenvalue weighted by atomic mass is 10.0. The number of carbonyl (C=O) groups excluding carboxylic acids is 2. The van der Waals surface area contributed by atoms with Gasteiger partial charge in [0.15, 0.2) is 6.10 Å². The molecule has 0 radical (unpaired) electrons. The predicted octanol–water partition coefficient (Wildman–Crippen LogP) is 17.5. The number of hydrogen-bond donors (Lipinski definition) is 1. The maximum atomic E-state index is 12.8. The fourth-order valence-electron chi connectivity index (χ4n) is 8.67. The third-order valence-electron chi connectivity index (χ3n) is 13.1. The van der Waals surface area contributed by atoms with Crippen molar-refractivity contribution >= 4 is 19.8 Å². The van der Waals surface area contributed by atoms with Gasteiger partial charge in [0.25, 0.3) is 0 Å². The molecule has 0 aliphatic rings. The quantitative estimate of drug-likeness (QED) is 0.0278. The molecule has 0 bridgehead atoms. The van der Waals surface area contributed by atoms with Crippen LogP contribution in [0.1, 0.15) is 296 Å². The molecule has 0 fully saturated rings. The van der Waals surface area contributed by atoms with Crippen LogP contribution in [0.3, 0.4) is 0 Å². The van der Waals surface area contributed by atoms with Crippen molar-refractivity contribution in [3.05, 3.63) is 0 Å². The van der Waals surface area contributed by atoms with Gasteiger partial charge in [-0.2, -0.15) is 0 Å². The number of ether oxygens (including phenoxy) is 2. The molecule has 0 spiro atoms. The minimum absolute atomic E-state index is 0.0374. The summed E-state index contributed by atoms with van der Waals surface area (Å²) in [6.07, 6.45) is 54.5. The minimum atomic E-state index is -4.38. The highest BCUT2D eigenvalue weighted by Gasteiger charge is 2.27. The van der Waals surface area contributed by atoms with E-state index in [9.17, 15) is 19.0 Å². The number of rotatable bonds is 54. The molecule has 0 rings (SSSR count). The molecule has 2 unspecified atom stereocenters. The van der Waals surface area contributed by atoms with Crippen molar-refractivity contribution in [3.63, 3.8) is 0 Å². The number of esters is 2. The van der Waals surface area contributed by atoms with Crippen LogP contribution in [0.4, 0.5) is 0 Å². The molecule has 0 saturated heterocycles. The molecular formula is C56H113NO8P+. The summed E-state index contributed by atoms with van der Waals surface area (Å²) < 4.78 is 34.6. The second-order valence-electron chi connectivity index (χ2n) is 21.0. The first kappa shape index (κ1) is 65.0. The first-order valence-corrected chi connectivity index (χ1v) is 30.3. The van der Waals surface area contributed by atoms with Crippen molar-refractivity contribution in [2.75, 3.05) is 47.5 Å². The van der Waals surface area contributed by atoms with E-state index in [0.29, 0.717) is 17.4 Å². The van der Waals surface area contributed by atoms with Crippen molar-refractivity contribution in [1.82, 2.24) is 0 Å². The van der Waals surface area contributed by atoms with Gasteiger partial charge in [0.2, 0.25) is 0 Å². The Balaban J connectivity index is 4.12. The van der Waals surface area contributed by atoms with Crippen LogP contribution in [0.5, 0.6) is 0 Å². The fourth-order valence-corrected chi connectivity index (χ4v) is 9.41. The Morgan fingerprint density at radius 1 is 0.409 bits per heavy atom. The van der Waals surface area contributed by atoms with Crippen molar-refractivity contribution in [3.8, 4) is 0 Å². The van der Waals surface area contributed by atoms with Crippen LogP contribution < -0.4 is 0 Å². The Kier molecular flexibility index (Phi) is 48.3. The zero-order valence-electron chi connectivity index (χ0n) is 44.7. The summed E-state index contributed by atoms with van der Waals surface area (Å²) >= 11 is 0. The van der Waals surface area contributed by atoms with Crippen LogP contribution in [0.25, 0.3) is 0 Å². The fraction of sp³-hybridized carbons (Fsp3) is 0.964. The van der Waals surface area contributed by atoms with Crippen LogP contribution >= 0.6 is 7.82 Å². The van der Waals surface area contributed by atoms with Gasteiger partial charge in [-0.3, -0.25) is 18.6 Å². The number of likely N-dealkylation sites (N-methyl/N-ethyl adjacent to an activating group) is 1. The molecule has 10 heteroatoms. The molecule has 0 heterocycles. The van der Waals surface area contributed by atoms with Crippen LogP contribution in [-0.2, 0) is 32.7 Å². The third kappa shape index (κ3) is 52.4.